The van der Waals surface area contributed by atoms with Crippen LogP contribution in [0.25, 0.3) is 0 Å². The van der Waals surface area contributed by atoms with Crippen LogP contribution in [0.1, 0.15) is 37.2 Å². The SMILES string of the molecule is Cc1nn(CCCO)c(C)c1CNC(C)C. The van der Waals surface area contributed by atoms with Gasteiger partial charge in [-0.3, -0.25) is 4.68 Å². The molecule has 0 bridgehead atoms. The molecule has 0 radical (unpaired) electrons. The standard InChI is InChI=1S/C12H23N3O/c1-9(2)13-8-12-10(3)14-15(11(12)4)6-5-7-16/h9,13,16H,5-8H2,1-4H3. The lowest BCUT2D eigenvalue weighted by molar-refractivity contribution is 0.276. The summed E-state index contributed by atoms with van der Waals surface area (Å²) in [6.45, 7) is 10.3. The molecule has 4 nitrogen and oxygen atoms in total. The Balaban J connectivity index is 2.72. The Morgan fingerprint density at radius 3 is 2.62 bits per heavy atom. The van der Waals surface area contributed by atoms with Crippen molar-refractivity contribution in [3.05, 3.63) is 17.0 Å². The van der Waals surface area contributed by atoms with Gasteiger partial charge in [0.05, 0.1) is 5.69 Å². The molecule has 0 fully saturated rings. The van der Waals surface area contributed by atoms with Crippen molar-refractivity contribution in [2.45, 2.75) is 53.2 Å². The quantitative estimate of drug-likeness (QED) is 0.769. The zero-order valence-electron chi connectivity index (χ0n) is 10.7. The van der Waals surface area contributed by atoms with E-state index >= 15 is 0 Å². The third-order valence-electron chi connectivity index (χ3n) is 2.75. The van der Waals surface area contributed by atoms with Gasteiger partial charge in [0.15, 0.2) is 0 Å². The van der Waals surface area contributed by atoms with Crippen molar-refractivity contribution in [1.29, 1.82) is 0 Å². The molecule has 0 spiro atoms. The van der Waals surface area contributed by atoms with Crippen molar-refractivity contribution in [2.24, 2.45) is 0 Å². The van der Waals surface area contributed by atoms with Crippen molar-refractivity contribution in [3.8, 4) is 0 Å². The Kier molecular flexibility index (Phi) is 4.96. The largest absolute Gasteiger partial charge is 0.396 e. The molecule has 1 heterocycles. The number of hydrogen-bond acceptors (Lipinski definition) is 3. The van der Waals surface area contributed by atoms with Gasteiger partial charge >= 0.3 is 0 Å². The number of aryl methyl sites for hydroxylation is 2. The molecule has 0 aromatic carbocycles. The highest BCUT2D eigenvalue weighted by molar-refractivity contribution is 5.24. The van der Waals surface area contributed by atoms with Crippen LogP contribution >= 0.6 is 0 Å². The molecule has 0 atom stereocenters. The first-order valence-electron chi connectivity index (χ1n) is 5.93. The molecule has 4 heteroatoms. The van der Waals surface area contributed by atoms with E-state index in [0.29, 0.717) is 6.04 Å². The number of nitrogens with zero attached hydrogens (tertiary/aromatic N) is 2. The summed E-state index contributed by atoms with van der Waals surface area (Å²) in [5, 5.41) is 16.7. The van der Waals surface area contributed by atoms with Gasteiger partial charge in [-0.1, -0.05) is 13.8 Å². The van der Waals surface area contributed by atoms with Crippen LogP contribution in [-0.4, -0.2) is 27.5 Å². The molecule has 0 aliphatic heterocycles. The molecule has 92 valence electrons. The maximum absolute atomic E-state index is 8.82. The minimum Gasteiger partial charge on any atom is -0.396 e. The van der Waals surface area contributed by atoms with E-state index in [0.717, 1.165) is 25.2 Å². The summed E-state index contributed by atoms with van der Waals surface area (Å²) >= 11 is 0. The monoisotopic (exact) mass is 225 g/mol. The molecule has 0 amide bonds. The van der Waals surface area contributed by atoms with E-state index < -0.39 is 0 Å². The van der Waals surface area contributed by atoms with Crippen LogP contribution in [0.15, 0.2) is 0 Å². The van der Waals surface area contributed by atoms with Crippen LogP contribution in [-0.2, 0) is 13.1 Å². The van der Waals surface area contributed by atoms with Crippen LogP contribution < -0.4 is 5.32 Å². The average molecular weight is 225 g/mol. The summed E-state index contributed by atoms with van der Waals surface area (Å²) in [5.74, 6) is 0. The highest BCUT2D eigenvalue weighted by Gasteiger charge is 2.10. The molecule has 1 aromatic rings. The van der Waals surface area contributed by atoms with Gasteiger partial charge in [-0.25, -0.2) is 0 Å². The summed E-state index contributed by atoms with van der Waals surface area (Å²) in [4.78, 5) is 0. The van der Waals surface area contributed by atoms with Gasteiger partial charge in [-0.15, -0.1) is 0 Å². The van der Waals surface area contributed by atoms with E-state index in [1.807, 2.05) is 11.6 Å². The van der Waals surface area contributed by atoms with Gasteiger partial charge in [-0.05, 0) is 20.3 Å². The second-order valence-electron chi connectivity index (χ2n) is 4.49. The summed E-state index contributed by atoms with van der Waals surface area (Å²) in [5.41, 5.74) is 3.58. The Labute approximate surface area is 97.7 Å². The highest BCUT2D eigenvalue weighted by atomic mass is 16.3. The summed E-state index contributed by atoms with van der Waals surface area (Å²) in [6.07, 6.45) is 0.763. The summed E-state index contributed by atoms with van der Waals surface area (Å²) < 4.78 is 1.99. The zero-order valence-corrected chi connectivity index (χ0v) is 10.7. The van der Waals surface area contributed by atoms with E-state index in [9.17, 15) is 0 Å². The van der Waals surface area contributed by atoms with Crippen LogP contribution in [0.2, 0.25) is 0 Å². The fourth-order valence-electron chi connectivity index (χ4n) is 1.73. The number of aromatic nitrogens is 2. The van der Waals surface area contributed by atoms with Crippen LogP contribution in [0.4, 0.5) is 0 Å². The van der Waals surface area contributed by atoms with E-state index in [4.69, 9.17) is 5.11 Å². The fraction of sp³-hybridized carbons (Fsp3) is 0.750. The zero-order chi connectivity index (χ0) is 12.1. The molecule has 0 saturated heterocycles. The predicted octanol–water partition coefficient (Wildman–Crippen LogP) is 1.38. The van der Waals surface area contributed by atoms with E-state index in [-0.39, 0.29) is 6.61 Å². The second kappa shape index (κ2) is 6.01. The van der Waals surface area contributed by atoms with Crippen molar-refractivity contribution in [2.75, 3.05) is 6.61 Å². The molecule has 0 aliphatic carbocycles. The third-order valence-corrected chi connectivity index (χ3v) is 2.75. The smallest absolute Gasteiger partial charge is 0.0641 e. The van der Waals surface area contributed by atoms with Gasteiger partial charge in [0.25, 0.3) is 0 Å². The molecule has 1 aromatic heterocycles. The Morgan fingerprint density at radius 2 is 2.06 bits per heavy atom. The molecule has 16 heavy (non-hydrogen) atoms. The van der Waals surface area contributed by atoms with Gasteiger partial charge in [0, 0.05) is 37.0 Å². The number of rotatable bonds is 6. The molecule has 0 unspecified atom stereocenters. The first-order valence-corrected chi connectivity index (χ1v) is 5.93. The molecule has 0 aliphatic rings. The minimum absolute atomic E-state index is 0.220. The lowest BCUT2D eigenvalue weighted by Gasteiger charge is -2.08. The average Bonchev–Trinajstić information content (AvgIpc) is 2.48. The number of aliphatic hydroxyl groups excluding tert-OH is 1. The van der Waals surface area contributed by atoms with Crippen molar-refractivity contribution < 1.29 is 5.11 Å². The maximum Gasteiger partial charge on any atom is 0.0641 e. The molecular weight excluding hydrogens is 202 g/mol. The first kappa shape index (κ1) is 13.2. The molecule has 1 rings (SSSR count). The first-order chi connectivity index (χ1) is 7.56. The fourth-order valence-corrected chi connectivity index (χ4v) is 1.73. The molecule has 2 N–H and O–H groups in total. The topological polar surface area (TPSA) is 50.1 Å². The van der Waals surface area contributed by atoms with Gasteiger partial charge in [0.2, 0.25) is 0 Å². The van der Waals surface area contributed by atoms with E-state index in [2.05, 4.69) is 31.2 Å². The Bertz CT molecular complexity index is 331. The van der Waals surface area contributed by atoms with Crippen molar-refractivity contribution in [3.63, 3.8) is 0 Å². The normalized spacial score (nSPS) is 11.4. The van der Waals surface area contributed by atoms with Crippen molar-refractivity contribution >= 4 is 0 Å². The van der Waals surface area contributed by atoms with E-state index in [1.165, 1.54) is 11.3 Å². The minimum atomic E-state index is 0.220. The Morgan fingerprint density at radius 1 is 1.38 bits per heavy atom. The maximum atomic E-state index is 8.82. The van der Waals surface area contributed by atoms with Crippen LogP contribution in [0, 0.1) is 13.8 Å². The lowest BCUT2D eigenvalue weighted by Crippen LogP contribution is -2.22. The number of hydrogen-bond donors (Lipinski definition) is 2. The van der Waals surface area contributed by atoms with Gasteiger partial charge in [0.1, 0.15) is 0 Å². The highest BCUT2D eigenvalue weighted by Crippen LogP contribution is 2.13. The summed E-state index contributed by atoms with van der Waals surface area (Å²) in [6, 6.07) is 0.486. The van der Waals surface area contributed by atoms with Crippen LogP contribution in [0.3, 0.4) is 0 Å². The van der Waals surface area contributed by atoms with Crippen molar-refractivity contribution in [1.82, 2.24) is 15.1 Å². The number of nitrogens with one attached hydrogen (secondary N) is 1. The predicted molar refractivity (Wildman–Crippen MR) is 65.4 cm³/mol. The Hall–Kier alpha value is -0.870. The second-order valence-corrected chi connectivity index (χ2v) is 4.49. The third kappa shape index (κ3) is 3.32. The van der Waals surface area contributed by atoms with Gasteiger partial charge < -0.3 is 10.4 Å². The number of aliphatic hydroxyl groups is 1. The molecule has 0 saturated carbocycles. The van der Waals surface area contributed by atoms with Gasteiger partial charge in [-0.2, -0.15) is 5.10 Å². The van der Waals surface area contributed by atoms with Crippen LogP contribution in [0.5, 0.6) is 0 Å². The molecular formula is C12H23N3O. The summed E-state index contributed by atoms with van der Waals surface area (Å²) in [7, 11) is 0. The lowest BCUT2D eigenvalue weighted by atomic mass is 10.2. The van der Waals surface area contributed by atoms with E-state index in [1.54, 1.807) is 0 Å².